The van der Waals surface area contributed by atoms with Crippen molar-refractivity contribution in [2.75, 3.05) is 0 Å². The maximum Gasteiger partial charge on any atom is 0.230 e. The fourth-order valence-corrected chi connectivity index (χ4v) is 1.16. The molecule has 0 atom stereocenters. The van der Waals surface area contributed by atoms with Crippen LogP contribution in [0.5, 0.6) is 0 Å². The van der Waals surface area contributed by atoms with Crippen LogP contribution in [0.4, 0.5) is 0 Å². The minimum atomic E-state index is 0.527. The maximum atomic E-state index is 5.20. The number of aromatic nitrogens is 5. The van der Waals surface area contributed by atoms with Gasteiger partial charge in [0.2, 0.25) is 11.8 Å². The highest BCUT2D eigenvalue weighted by atomic mass is 16.4. The first-order chi connectivity index (χ1) is 7.24. The molecule has 7 heteroatoms. The number of hydrogen-bond donors (Lipinski definition) is 1. The third-order valence-electron chi connectivity index (χ3n) is 1.77. The summed E-state index contributed by atoms with van der Waals surface area (Å²) < 4.78 is 6.86. The van der Waals surface area contributed by atoms with Gasteiger partial charge in [0.1, 0.15) is 6.33 Å². The Hall–Kier alpha value is -1.76. The van der Waals surface area contributed by atoms with E-state index < -0.39 is 0 Å². The predicted octanol–water partition coefficient (Wildman–Crippen LogP) is -0.204. The zero-order chi connectivity index (χ0) is 10.7. The highest BCUT2D eigenvalue weighted by molar-refractivity contribution is 4.82. The molecular weight excluding hydrogens is 196 g/mol. The maximum absolute atomic E-state index is 5.20. The lowest BCUT2D eigenvalue weighted by molar-refractivity contribution is 0.445. The van der Waals surface area contributed by atoms with Crippen LogP contribution in [0.1, 0.15) is 17.6 Å². The summed E-state index contributed by atoms with van der Waals surface area (Å²) in [6.07, 6.45) is 1.66. The lowest BCUT2D eigenvalue weighted by Gasteiger charge is -1.96. The Labute approximate surface area is 86.5 Å². The second kappa shape index (κ2) is 4.18. The van der Waals surface area contributed by atoms with E-state index in [4.69, 9.17) is 4.42 Å². The van der Waals surface area contributed by atoms with Gasteiger partial charge >= 0.3 is 0 Å². The first-order valence-electron chi connectivity index (χ1n) is 4.58. The zero-order valence-electron chi connectivity index (χ0n) is 8.64. The van der Waals surface area contributed by atoms with Crippen LogP contribution in [-0.4, -0.2) is 25.0 Å². The normalized spacial score (nSPS) is 10.8. The standard InChI is InChI=1S/C8H12N6O/c1-6-11-12-8(15-6)4-9-3-7-10-5-14(2)13-7/h5,9H,3-4H2,1-2H3. The minimum absolute atomic E-state index is 0.527. The Bertz CT molecular complexity index is 394. The number of nitrogens with one attached hydrogen (secondary N) is 1. The molecule has 0 spiro atoms. The van der Waals surface area contributed by atoms with E-state index in [1.165, 1.54) is 0 Å². The van der Waals surface area contributed by atoms with Crippen molar-refractivity contribution in [1.29, 1.82) is 0 Å². The fourth-order valence-electron chi connectivity index (χ4n) is 1.16. The van der Waals surface area contributed by atoms with Gasteiger partial charge < -0.3 is 9.73 Å². The van der Waals surface area contributed by atoms with Gasteiger partial charge in [0.05, 0.1) is 13.1 Å². The molecule has 0 unspecified atom stereocenters. The van der Waals surface area contributed by atoms with Gasteiger partial charge in [-0.3, -0.25) is 4.68 Å². The average molecular weight is 208 g/mol. The van der Waals surface area contributed by atoms with E-state index in [0.29, 0.717) is 24.9 Å². The number of nitrogens with zero attached hydrogens (tertiary/aromatic N) is 5. The van der Waals surface area contributed by atoms with E-state index in [2.05, 4.69) is 25.6 Å². The molecule has 7 nitrogen and oxygen atoms in total. The molecule has 0 bridgehead atoms. The van der Waals surface area contributed by atoms with Gasteiger partial charge in [-0.1, -0.05) is 0 Å². The van der Waals surface area contributed by atoms with Crippen LogP contribution in [0.3, 0.4) is 0 Å². The Morgan fingerprint density at radius 1 is 1.40 bits per heavy atom. The third kappa shape index (κ3) is 2.59. The van der Waals surface area contributed by atoms with E-state index in [9.17, 15) is 0 Å². The molecular formula is C8H12N6O. The Morgan fingerprint density at radius 3 is 2.87 bits per heavy atom. The SMILES string of the molecule is Cc1nnc(CNCc2ncn(C)n2)o1. The van der Waals surface area contributed by atoms with Crippen LogP contribution in [0.25, 0.3) is 0 Å². The summed E-state index contributed by atoms with van der Waals surface area (Å²) in [4.78, 5) is 4.07. The zero-order valence-corrected chi connectivity index (χ0v) is 8.64. The molecule has 0 amide bonds. The van der Waals surface area contributed by atoms with E-state index in [0.717, 1.165) is 5.82 Å². The molecule has 2 rings (SSSR count). The summed E-state index contributed by atoms with van der Waals surface area (Å²) in [5.41, 5.74) is 0. The Morgan fingerprint density at radius 2 is 2.27 bits per heavy atom. The molecule has 2 heterocycles. The number of hydrogen-bond acceptors (Lipinski definition) is 6. The van der Waals surface area contributed by atoms with Gasteiger partial charge in [-0.25, -0.2) is 4.98 Å². The summed E-state index contributed by atoms with van der Waals surface area (Å²) in [5.74, 6) is 1.89. The van der Waals surface area contributed by atoms with Crippen molar-refractivity contribution < 1.29 is 4.42 Å². The molecule has 80 valence electrons. The van der Waals surface area contributed by atoms with Crippen LogP contribution >= 0.6 is 0 Å². The average Bonchev–Trinajstić information content (AvgIpc) is 2.76. The van der Waals surface area contributed by atoms with Crippen LogP contribution in [0.2, 0.25) is 0 Å². The molecule has 0 aromatic carbocycles. The molecule has 1 N–H and O–H groups in total. The van der Waals surface area contributed by atoms with Crippen LogP contribution in [0, 0.1) is 6.92 Å². The first kappa shape index (κ1) is 9.78. The minimum Gasteiger partial charge on any atom is -0.424 e. The van der Waals surface area contributed by atoms with Crippen LogP contribution in [0.15, 0.2) is 10.7 Å². The van der Waals surface area contributed by atoms with Crippen molar-refractivity contribution in [2.24, 2.45) is 7.05 Å². The fraction of sp³-hybridized carbons (Fsp3) is 0.500. The van der Waals surface area contributed by atoms with E-state index >= 15 is 0 Å². The van der Waals surface area contributed by atoms with Crippen molar-refractivity contribution in [2.45, 2.75) is 20.0 Å². The summed E-state index contributed by atoms with van der Waals surface area (Å²) in [6.45, 7) is 2.87. The monoisotopic (exact) mass is 208 g/mol. The van der Waals surface area contributed by atoms with Gasteiger partial charge in [0.15, 0.2) is 5.82 Å². The van der Waals surface area contributed by atoms with Crippen LogP contribution < -0.4 is 5.32 Å². The molecule has 0 saturated heterocycles. The van der Waals surface area contributed by atoms with E-state index in [1.54, 1.807) is 17.9 Å². The highest BCUT2D eigenvalue weighted by Crippen LogP contribution is 1.97. The largest absolute Gasteiger partial charge is 0.424 e. The summed E-state index contributed by atoms with van der Waals surface area (Å²) >= 11 is 0. The van der Waals surface area contributed by atoms with Gasteiger partial charge in [0.25, 0.3) is 0 Å². The predicted molar refractivity (Wildman–Crippen MR) is 50.6 cm³/mol. The Kier molecular flexibility index (Phi) is 2.72. The van der Waals surface area contributed by atoms with Gasteiger partial charge in [-0.05, 0) is 0 Å². The lowest BCUT2D eigenvalue weighted by atomic mass is 10.5. The van der Waals surface area contributed by atoms with Gasteiger partial charge in [0, 0.05) is 14.0 Å². The topological polar surface area (TPSA) is 81.7 Å². The molecule has 0 aliphatic rings. The summed E-state index contributed by atoms with van der Waals surface area (Å²) in [6, 6.07) is 0. The molecule has 0 fully saturated rings. The van der Waals surface area contributed by atoms with Crippen molar-refractivity contribution >= 4 is 0 Å². The molecule has 0 aliphatic heterocycles. The smallest absolute Gasteiger partial charge is 0.230 e. The summed E-state index contributed by atoms with van der Waals surface area (Å²) in [7, 11) is 1.83. The highest BCUT2D eigenvalue weighted by Gasteiger charge is 2.02. The van der Waals surface area contributed by atoms with Crippen molar-refractivity contribution in [3.63, 3.8) is 0 Å². The van der Waals surface area contributed by atoms with Crippen molar-refractivity contribution in [3.8, 4) is 0 Å². The second-order valence-electron chi connectivity index (χ2n) is 3.15. The van der Waals surface area contributed by atoms with Gasteiger partial charge in [-0.15, -0.1) is 10.2 Å². The number of rotatable bonds is 4. The van der Waals surface area contributed by atoms with Crippen LogP contribution in [-0.2, 0) is 20.1 Å². The molecule has 2 aromatic heterocycles. The van der Waals surface area contributed by atoms with Crippen molar-refractivity contribution in [1.82, 2.24) is 30.3 Å². The van der Waals surface area contributed by atoms with E-state index in [1.807, 2.05) is 7.05 Å². The first-order valence-corrected chi connectivity index (χ1v) is 4.58. The molecule has 2 aromatic rings. The molecule has 15 heavy (non-hydrogen) atoms. The van der Waals surface area contributed by atoms with Gasteiger partial charge in [-0.2, -0.15) is 5.10 Å². The van der Waals surface area contributed by atoms with Crippen molar-refractivity contribution in [3.05, 3.63) is 23.9 Å². The number of aryl methyl sites for hydroxylation is 2. The second-order valence-corrected chi connectivity index (χ2v) is 3.15. The van der Waals surface area contributed by atoms with E-state index in [-0.39, 0.29) is 0 Å². The Balaban J connectivity index is 1.80. The summed E-state index contributed by atoms with van der Waals surface area (Å²) in [5, 5.41) is 14.8. The molecule has 0 saturated carbocycles. The molecule has 0 aliphatic carbocycles. The lowest BCUT2D eigenvalue weighted by Crippen LogP contribution is -2.14. The third-order valence-corrected chi connectivity index (χ3v) is 1.77. The molecule has 0 radical (unpaired) electrons. The quantitative estimate of drug-likeness (QED) is 0.749.